The molecule has 0 saturated carbocycles. The fourth-order valence-corrected chi connectivity index (χ4v) is 2.58. The molecule has 136 valence electrons. The zero-order valence-corrected chi connectivity index (χ0v) is 14.8. The maximum Gasteiger partial charge on any atom is 0.325 e. The van der Waals surface area contributed by atoms with Gasteiger partial charge in [-0.3, -0.25) is 14.5 Å². The molecule has 0 spiro atoms. The Balaban J connectivity index is 2.03. The van der Waals surface area contributed by atoms with Crippen molar-refractivity contribution in [3.8, 4) is 11.5 Å². The minimum Gasteiger partial charge on any atom is -0.497 e. The molecule has 8 heteroatoms. The minimum atomic E-state index is -0.572. The smallest absolute Gasteiger partial charge is 0.325 e. The molecule has 1 heterocycles. The summed E-state index contributed by atoms with van der Waals surface area (Å²) < 4.78 is 10.3. The fraction of sp³-hybridized carbons (Fsp3) is 0.471. The molecule has 0 unspecified atom stereocenters. The Morgan fingerprint density at radius 2 is 1.80 bits per heavy atom. The molecule has 1 fully saturated rings. The van der Waals surface area contributed by atoms with Crippen molar-refractivity contribution >= 4 is 23.5 Å². The van der Waals surface area contributed by atoms with Crippen molar-refractivity contribution in [2.24, 2.45) is 5.92 Å². The molecule has 1 aliphatic rings. The molecule has 1 atom stereocenters. The van der Waals surface area contributed by atoms with Crippen LogP contribution < -0.4 is 20.1 Å². The minimum absolute atomic E-state index is 0.257. The maximum atomic E-state index is 12.3. The van der Waals surface area contributed by atoms with Gasteiger partial charge in [0.05, 0.1) is 14.2 Å². The number of ether oxygens (including phenoxy) is 2. The zero-order chi connectivity index (χ0) is 18.6. The van der Waals surface area contributed by atoms with Crippen LogP contribution in [0, 0.1) is 5.92 Å². The molecular weight excluding hydrogens is 326 g/mol. The van der Waals surface area contributed by atoms with Crippen molar-refractivity contribution in [1.82, 2.24) is 10.2 Å². The summed E-state index contributed by atoms with van der Waals surface area (Å²) in [5.74, 6) is 0.427. The van der Waals surface area contributed by atoms with Crippen LogP contribution in [-0.2, 0) is 9.59 Å². The van der Waals surface area contributed by atoms with Crippen LogP contribution >= 0.6 is 0 Å². The number of imide groups is 1. The second-order valence-electron chi connectivity index (χ2n) is 6.21. The number of amides is 4. The van der Waals surface area contributed by atoms with Gasteiger partial charge < -0.3 is 20.1 Å². The number of nitrogens with one attached hydrogen (secondary N) is 2. The lowest BCUT2D eigenvalue weighted by atomic mass is 10.0. The van der Waals surface area contributed by atoms with Gasteiger partial charge in [-0.25, -0.2) is 4.79 Å². The Bertz CT molecular complexity index is 652. The number of rotatable bonds is 7. The Labute approximate surface area is 146 Å². The lowest BCUT2D eigenvalue weighted by molar-refractivity contribution is -0.131. The molecule has 8 nitrogen and oxygen atoms in total. The first kappa shape index (κ1) is 18.6. The van der Waals surface area contributed by atoms with Gasteiger partial charge in [-0.05, 0) is 12.3 Å². The number of carbonyl (C=O) groups excluding carboxylic acids is 3. The predicted molar refractivity (Wildman–Crippen MR) is 91.7 cm³/mol. The molecular formula is C17H23N3O5. The summed E-state index contributed by atoms with van der Waals surface area (Å²) in [4.78, 5) is 37.4. The Morgan fingerprint density at radius 3 is 2.32 bits per heavy atom. The normalized spacial score (nSPS) is 16.8. The Hall–Kier alpha value is -2.77. The predicted octanol–water partition coefficient (Wildman–Crippen LogP) is 1.61. The van der Waals surface area contributed by atoms with Gasteiger partial charge in [0.15, 0.2) is 0 Å². The largest absolute Gasteiger partial charge is 0.497 e. The lowest BCUT2D eigenvalue weighted by Crippen LogP contribution is -2.38. The molecule has 1 saturated heterocycles. The highest BCUT2D eigenvalue weighted by molar-refractivity contribution is 6.07. The number of methoxy groups -OCH3 is 2. The highest BCUT2D eigenvalue weighted by atomic mass is 16.5. The summed E-state index contributed by atoms with van der Waals surface area (Å²) in [5, 5.41) is 5.25. The summed E-state index contributed by atoms with van der Waals surface area (Å²) in [6, 6.07) is 3.79. The van der Waals surface area contributed by atoms with Gasteiger partial charge in [-0.15, -0.1) is 0 Å². The molecule has 0 bridgehead atoms. The van der Waals surface area contributed by atoms with Crippen LogP contribution in [0.5, 0.6) is 11.5 Å². The summed E-state index contributed by atoms with van der Waals surface area (Å²) >= 11 is 0. The van der Waals surface area contributed by atoms with E-state index in [1.807, 2.05) is 13.8 Å². The first-order valence-electron chi connectivity index (χ1n) is 7.98. The van der Waals surface area contributed by atoms with Gasteiger partial charge in [-0.2, -0.15) is 0 Å². The average molecular weight is 349 g/mol. The van der Waals surface area contributed by atoms with E-state index < -0.39 is 18.0 Å². The zero-order valence-electron chi connectivity index (χ0n) is 14.8. The number of urea groups is 1. The van der Waals surface area contributed by atoms with E-state index in [0.29, 0.717) is 23.6 Å². The number of carbonyl (C=O) groups is 3. The van der Waals surface area contributed by atoms with E-state index in [1.165, 1.54) is 14.2 Å². The molecule has 4 amide bonds. The summed E-state index contributed by atoms with van der Waals surface area (Å²) in [7, 11) is 3.00. The number of benzene rings is 1. The average Bonchev–Trinajstić information content (AvgIpc) is 2.81. The summed E-state index contributed by atoms with van der Waals surface area (Å²) in [5.41, 5.74) is 0.451. The second-order valence-corrected chi connectivity index (χ2v) is 6.21. The molecule has 2 N–H and O–H groups in total. The van der Waals surface area contributed by atoms with E-state index in [4.69, 9.17) is 9.47 Å². The van der Waals surface area contributed by atoms with Crippen molar-refractivity contribution in [3.63, 3.8) is 0 Å². The fourth-order valence-electron chi connectivity index (χ4n) is 2.58. The van der Waals surface area contributed by atoms with Gasteiger partial charge >= 0.3 is 6.03 Å². The number of hydrogen-bond donors (Lipinski definition) is 2. The van der Waals surface area contributed by atoms with Crippen molar-refractivity contribution in [2.75, 3.05) is 26.1 Å². The summed E-state index contributed by atoms with van der Waals surface area (Å²) in [6.45, 7) is 3.58. The van der Waals surface area contributed by atoms with Gasteiger partial charge in [0.1, 0.15) is 24.1 Å². The monoisotopic (exact) mass is 349 g/mol. The van der Waals surface area contributed by atoms with Crippen LogP contribution in [0.1, 0.15) is 20.3 Å². The van der Waals surface area contributed by atoms with E-state index in [0.717, 1.165) is 4.90 Å². The van der Waals surface area contributed by atoms with Crippen molar-refractivity contribution in [1.29, 1.82) is 0 Å². The molecule has 1 aromatic carbocycles. The van der Waals surface area contributed by atoms with Gasteiger partial charge in [0.25, 0.3) is 5.91 Å². The third-order valence-electron chi connectivity index (χ3n) is 3.75. The Morgan fingerprint density at radius 1 is 1.20 bits per heavy atom. The van der Waals surface area contributed by atoms with Crippen LogP contribution in [-0.4, -0.2) is 49.6 Å². The van der Waals surface area contributed by atoms with Gasteiger partial charge in [0, 0.05) is 23.9 Å². The molecule has 0 aliphatic carbocycles. The molecule has 1 aliphatic heterocycles. The van der Waals surface area contributed by atoms with E-state index in [2.05, 4.69) is 10.6 Å². The van der Waals surface area contributed by atoms with Crippen molar-refractivity contribution < 1.29 is 23.9 Å². The SMILES string of the molecule is COc1cc(NC(=O)CN2C(=O)N[C@@H](CC(C)C)C2=O)cc(OC)c1. The quantitative estimate of drug-likeness (QED) is 0.729. The Kier molecular flexibility index (Phi) is 5.84. The van der Waals surface area contributed by atoms with E-state index in [9.17, 15) is 14.4 Å². The topological polar surface area (TPSA) is 97.0 Å². The third kappa shape index (κ3) is 4.62. The van der Waals surface area contributed by atoms with Gasteiger partial charge in [-0.1, -0.05) is 13.8 Å². The summed E-state index contributed by atoms with van der Waals surface area (Å²) in [6.07, 6.45) is 0.537. The highest BCUT2D eigenvalue weighted by Crippen LogP contribution is 2.25. The van der Waals surface area contributed by atoms with E-state index in [1.54, 1.807) is 18.2 Å². The highest BCUT2D eigenvalue weighted by Gasteiger charge is 2.38. The number of hydrogen-bond acceptors (Lipinski definition) is 5. The van der Waals surface area contributed by atoms with Crippen molar-refractivity contribution in [3.05, 3.63) is 18.2 Å². The van der Waals surface area contributed by atoms with Gasteiger partial charge in [0.2, 0.25) is 5.91 Å². The first-order valence-corrected chi connectivity index (χ1v) is 7.98. The van der Waals surface area contributed by atoms with Crippen LogP contribution in [0.2, 0.25) is 0 Å². The van der Waals surface area contributed by atoms with Crippen LogP contribution in [0.3, 0.4) is 0 Å². The number of nitrogens with zero attached hydrogens (tertiary/aromatic N) is 1. The molecule has 25 heavy (non-hydrogen) atoms. The molecule has 1 aromatic rings. The van der Waals surface area contributed by atoms with Crippen LogP contribution in [0.25, 0.3) is 0 Å². The molecule has 0 radical (unpaired) electrons. The maximum absolute atomic E-state index is 12.3. The van der Waals surface area contributed by atoms with Crippen LogP contribution in [0.15, 0.2) is 18.2 Å². The number of anilines is 1. The molecule has 2 rings (SSSR count). The standard InChI is InChI=1S/C17H23N3O5/c1-10(2)5-14-16(22)20(17(23)19-14)9-15(21)18-11-6-12(24-3)8-13(7-11)25-4/h6-8,10,14H,5,9H2,1-4H3,(H,18,21)(H,19,23)/t14-/m0/s1. The first-order chi connectivity index (χ1) is 11.8. The lowest BCUT2D eigenvalue weighted by Gasteiger charge is -2.14. The van der Waals surface area contributed by atoms with Crippen LogP contribution in [0.4, 0.5) is 10.5 Å². The van der Waals surface area contributed by atoms with E-state index in [-0.39, 0.29) is 18.4 Å². The van der Waals surface area contributed by atoms with E-state index >= 15 is 0 Å². The third-order valence-corrected chi connectivity index (χ3v) is 3.75. The second kappa shape index (κ2) is 7.87. The molecule has 0 aromatic heterocycles. The van der Waals surface area contributed by atoms with Crippen molar-refractivity contribution in [2.45, 2.75) is 26.3 Å².